The standard InChI is InChI=1S/C46H60N2O5Si/c1-10-11-22-37(33-46(8,9)54(52,38-24-14-12-15-25-38)39-26-16-13-17-27-39)23-20-31-47-43(50)42(45(5,6)7)48-41(49)28-19-18-21-34(2)32-36(4)40-30-29-35(3)44(51)53-40/h10-17,19-20,24-29,31-32,36-37,40,42,52H,22-23,30,33H2,1-9H3,(H,47,50)(H,48,49)/b11-10-,28-19-,31-20-,34-32+/t36-,37-,40-,42+/m0/s1. The first-order valence-electron chi connectivity index (χ1n) is 18.9. The van der Waals surface area contributed by atoms with Crippen molar-refractivity contribution >= 4 is 36.5 Å². The first-order chi connectivity index (χ1) is 25.5. The van der Waals surface area contributed by atoms with Crippen molar-refractivity contribution < 1.29 is 23.9 Å². The summed E-state index contributed by atoms with van der Waals surface area (Å²) < 4.78 is 5.50. The summed E-state index contributed by atoms with van der Waals surface area (Å²) in [7, 11) is -3.18. The summed E-state index contributed by atoms with van der Waals surface area (Å²) in [6.07, 6.45) is 17.3. The maximum absolute atomic E-state index is 13.4. The topological polar surface area (TPSA) is 105 Å². The smallest absolute Gasteiger partial charge is 0.333 e. The highest BCUT2D eigenvalue weighted by Crippen LogP contribution is 2.43. The minimum atomic E-state index is -3.18. The van der Waals surface area contributed by atoms with Gasteiger partial charge in [0.05, 0.1) is 0 Å². The predicted molar refractivity (Wildman–Crippen MR) is 223 cm³/mol. The molecule has 0 saturated carbocycles. The van der Waals surface area contributed by atoms with Crippen molar-refractivity contribution in [1.82, 2.24) is 10.6 Å². The molecule has 8 heteroatoms. The molecule has 0 bridgehead atoms. The van der Waals surface area contributed by atoms with E-state index in [1.807, 2.05) is 120 Å². The summed E-state index contributed by atoms with van der Waals surface area (Å²) in [5, 5.41) is 7.31. The van der Waals surface area contributed by atoms with Gasteiger partial charge in [-0.25, -0.2) is 4.79 Å². The van der Waals surface area contributed by atoms with Crippen molar-refractivity contribution in [2.45, 2.75) is 105 Å². The average Bonchev–Trinajstić information content (AvgIpc) is 3.13. The van der Waals surface area contributed by atoms with Crippen molar-refractivity contribution in [2.24, 2.45) is 17.3 Å². The molecule has 0 radical (unpaired) electrons. The molecule has 1 heterocycles. The fourth-order valence-corrected chi connectivity index (χ4v) is 10.7. The predicted octanol–water partition coefficient (Wildman–Crippen LogP) is 7.45. The van der Waals surface area contributed by atoms with Crippen LogP contribution >= 0.6 is 0 Å². The number of amides is 2. The Morgan fingerprint density at radius 1 is 1.00 bits per heavy atom. The third kappa shape index (κ3) is 12.4. The monoisotopic (exact) mass is 748 g/mol. The fraction of sp³-hybridized carbons (Fsp3) is 0.413. The van der Waals surface area contributed by atoms with Crippen molar-refractivity contribution in [1.29, 1.82) is 0 Å². The summed E-state index contributed by atoms with van der Waals surface area (Å²) >= 11 is 0. The molecule has 0 aromatic heterocycles. The number of esters is 1. The zero-order chi connectivity index (χ0) is 39.9. The Labute approximate surface area is 324 Å². The highest BCUT2D eigenvalue weighted by molar-refractivity contribution is 6.98. The maximum Gasteiger partial charge on any atom is 0.333 e. The van der Waals surface area contributed by atoms with E-state index < -0.39 is 30.7 Å². The molecule has 0 aliphatic carbocycles. The van der Waals surface area contributed by atoms with E-state index in [-0.39, 0.29) is 29.8 Å². The fourth-order valence-electron chi connectivity index (χ4n) is 6.91. The highest BCUT2D eigenvalue weighted by atomic mass is 28.4. The number of cyclic esters (lactones) is 1. The number of rotatable bonds is 15. The lowest BCUT2D eigenvalue weighted by molar-refractivity contribution is -0.147. The molecule has 7 nitrogen and oxygen atoms in total. The third-order valence-electron chi connectivity index (χ3n) is 10.0. The van der Waals surface area contributed by atoms with E-state index in [0.717, 1.165) is 28.8 Å². The van der Waals surface area contributed by atoms with Crippen LogP contribution in [0.1, 0.15) is 88.0 Å². The lowest BCUT2D eigenvalue weighted by Gasteiger charge is -2.43. The molecule has 54 heavy (non-hydrogen) atoms. The largest absolute Gasteiger partial charge is 0.458 e. The Morgan fingerprint density at radius 2 is 1.59 bits per heavy atom. The molecule has 1 aliphatic heterocycles. The van der Waals surface area contributed by atoms with Gasteiger partial charge in [-0.1, -0.05) is 144 Å². The molecule has 4 atom stereocenters. The van der Waals surface area contributed by atoms with Gasteiger partial charge in [0.15, 0.2) is 0 Å². The van der Waals surface area contributed by atoms with E-state index in [4.69, 9.17) is 4.74 Å². The maximum atomic E-state index is 13.4. The zero-order valence-electron chi connectivity index (χ0n) is 33.6. The van der Waals surface area contributed by atoms with E-state index in [1.54, 1.807) is 13.1 Å². The van der Waals surface area contributed by atoms with Crippen molar-refractivity contribution in [2.75, 3.05) is 0 Å². The Hall–Kier alpha value is -4.71. The lowest BCUT2D eigenvalue weighted by Crippen LogP contribution is -2.65. The van der Waals surface area contributed by atoms with Gasteiger partial charge < -0.3 is 20.2 Å². The molecule has 0 spiro atoms. The minimum Gasteiger partial charge on any atom is -0.458 e. The molecule has 1 aliphatic rings. The Morgan fingerprint density at radius 3 is 2.15 bits per heavy atom. The Kier molecular flexibility index (Phi) is 16.3. The first-order valence-corrected chi connectivity index (χ1v) is 20.9. The molecular formula is C46H60N2O5Si. The number of nitrogens with one attached hydrogen (secondary N) is 2. The number of carbonyl (C=O) groups excluding carboxylic acids is 3. The quantitative estimate of drug-likeness (QED) is 0.0578. The lowest BCUT2D eigenvalue weighted by atomic mass is 9.86. The molecule has 3 rings (SSSR count). The second kappa shape index (κ2) is 20.1. The number of carbonyl (C=O) groups is 3. The van der Waals surface area contributed by atoms with Gasteiger partial charge in [0.25, 0.3) is 8.32 Å². The number of hydrogen-bond donors (Lipinski definition) is 3. The Bertz CT molecular complexity index is 1750. The van der Waals surface area contributed by atoms with E-state index in [0.29, 0.717) is 18.4 Å². The van der Waals surface area contributed by atoms with E-state index in [1.165, 1.54) is 12.2 Å². The summed E-state index contributed by atoms with van der Waals surface area (Å²) in [6.45, 7) is 17.7. The minimum absolute atomic E-state index is 0.00756. The van der Waals surface area contributed by atoms with Crippen LogP contribution in [-0.4, -0.2) is 43.0 Å². The molecule has 2 amide bonds. The molecule has 2 aromatic carbocycles. The van der Waals surface area contributed by atoms with Gasteiger partial charge in [-0.15, -0.1) is 0 Å². The molecule has 2 aromatic rings. The van der Waals surface area contributed by atoms with E-state index in [9.17, 15) is 19.2 Å². The molecular weight excluding hydrogens is 689 g/mol. The van der Waals surface area contributed by atoms with Crippen LogP contribution in [-0.2, 0) is 19.1 Å². The van der Waals surface area contributed by atoms with Crippen LogP contribution in [0.2, 0.25) is 5.04 Å². The van der Waals surface area contributed by atoms with Gasteiger partial charge in [-0.2, -0.15) is 0 Å². The molecule has 0 unspecified atom stereocenters. The molecule has 288 valence electrons. The van der Waals surface area contributed by atoms with E-state index >= 15 is 0 Å². The van der Waals surface area contributed by atoms with Crippen LogP contribution in [0, 0.1) is 29.1 Å². The van der Waals surface area contributed by atoms with Crippen LogP contribution < -0.4 is 21.0 Å². The molecule has 3 N–H and O–H groups in total. The van der Waals surface area contributed by atoms with Crippen molar-refractivity contribution in [3.05, 3.63) is 121 Å². The van der Waals surface area contributed by atoms with Gasteiger partial charge in [0.2, 0.25) is 11.8 Å². The van der Waals surface area contributed by atoms with Gasteiger partial charge in [-0.05, 0) is 84.6 Å². The number of ether oxygens (including phenoxy) is 1. The SMILES string of the molecule is C/C=C\C[C@@H](C/C=C\NC(=O)[C@@H](NC(=O)/C=C\C#C/C(C)=C/[C@H](C)[C@@H]1CC=C(C)C(=O)O1)C(C)(C)C)CC(C)(C)[Si](O)(c1ccccc1)c1ccccc1. The number of hydrogen-bond acceptors (Lipinski definition) is 5. The third-order valence-corrected chi connectivity index (χ3v) is 14.5. The van der Waals surface area contributed by atoms with Crippen LogP contribution in [0.15, 0.2) is 121 Å². The van der Waals surface area contributed by atoms with Gasteiger partial charge in [0.1, 0.15) is 12.1 Å². The highest BCUT2D eigenvalue weighted by Gasteiger charge is 2.50. The van der Waals surface area contributed by atoms with Crippen LogP contribution in [0.5, 0.6) is 0 Å². The number of allylic oxidation sites excluding steroid dienone is 5. The van der Waals surface area contributed by atoms with Crippen LogP contribution in [0.3, 0.4) is 0 Å². The second-order valence-electron chi connectivity index (χ2n) is 16.0. The van der Waals surface area contributed by atoms with Crippen molar-refractivity contribution in [3.8, 4) is 11.8 Å². The summed E-state index contributed by atoms with van der Waals surface area (Å²) in [4.78, 5) is 50.8. The Balaban J connectivity index is 1.65. The normalized spacial score (nSPS) is 17.4. The van der Waals surface area contributed by atoms with Gasteiger partial charge >= 0.3 is 5.97 Å². The van der Waals surface area contributed by atoms with E-state index in [2.05, 4.69) is 48.5 Å². The zero-order valence-corrected chi connectivity index (χ0v) is 34.6. The van der Waals surface area contributed by atoms with Gasteiger partial charge in [-0.3, -0.25) is 9.59 Å². The second-order valence-corrected chi connectivity index (χ2v) is 20.0. The summed E-state index contributed by atoms with van der Waals surface area (Å²) in [6, 6.07) is 19.3. The molecule has 0 saturated heterocycles. The summed E-state index contributed by atoms with van der Waals surface area (Å²) in [5.74, 6) is 5.09. The first kappa shape index (κ1) is 43.7. The number of benzene rings is 2. The summed E-state index contributed by atoms with van der Waals surface area (Å²) in [5.41, 5.74) is 0.876. The van der Waals surface area contributed by atoms with Gasteiger partial charge in [0, 0.05) is 24.0 Å². The average molecular weight is 749 g/mol. The van der Waals surface area contributed by atoms with Crippen molar-refractivity contribution in [3.63, 3.8) is 0 Å². The van der Waals surface area contributed by atoms with Crippen LogP contribution in [0.25, 0.3) is 0 Å². The molecule has 0 fully saturated rings. The van der Waals surface area contributed by atoms with Crippen LogP contribution in [0.4, 0.5) is 0 Å².